The monoisotopic (exact) mass is 269 g/mol. The molecule has 1 aromatic carbocycles. The molecule has 1 aliphatic rings. The number of halogens is 1. The van der Waals surface area contributed by atoms with Gasteiger partial charge in [0.25, 0.3) is 5.91 Å². The van der Waals surface area contributed by atoms with Crippen LogP contribution in [0, 0.1) is 0 Å². The van der Waals surface area contributed by atoms with Gasteiger partial charge < -0.3 is 14.7 Å². The van der Waals surface area contributed by atoms with Crippen LogP contribution >= 0.6 is 11.6 Å². The zero-order valence-electron chi connectivity index (χ0n) is 10.2. The van der Waals surface area contributed by atoms with Crippen molar-refractivity contribution < 1.29 is 14.6 Å². The van der Waals surface area contributed by atoms with E-state index >= 15 is 0 Å². The van der Waals surface area contributed by atoms with Crippen LogP contribution in [0.3, 0.4) is 0 Å². The molecule has 0 atom stereocenters. The number of aliphatic hydroxyl groups excluding tert-OH is 1. The molecule has 0 saturated heterocycles. The number of hydrogen-bond acceptors (Lipinski definition) is 3. The Morgan fingerprint density at radius 1 is 1.56 bits per heavy atom. The molecule has 0 aliphatic heterocycles. The van der Waals surface area contributed by atoms with Crippen LogP contribution < -0.4 is 4.74 Å². The van der Waals surface area contributed by atoms with E-state index in [-0.39, 0.29) is 18.6 Å². The predicted molar refractivity (Wildman–Crippen MR) is 69.1 cm³/mol. The van der Waals surface area contributed by atoms with Crippen LogP contribution in [0.15, 0.2) is 18.2 Å². The molecule has 1 saturated carbocycles. The molecule has 2 rings (SSSR count). The third-order valence-electron chi connectivity index (χ3n) is 2.98. The lowest BCUT2D eigenvalue weighted by molar-refractivity contribution is 0.0704. The number of nitrogens with zero attached hydrogens (tertiary/aromatic N) is 1. The van der Waals surface area contributed by atoms with Gasteiger partial charge in [-0.1, -0.05) is 11.6 Å². The summed E-state index contributed by atoms with van der Waals surface area (Å²) in [5.41, 5.74) is 0.488. The van der Waals surface area contributed by atoms with Gasteiger partial charge in [0.05, 0.1) is 19.3 Å². The molecular weight excluding hydrogens is 254 g/mol. The van der Waals surface area contributed by atoms with E-state index in [1.807, 2.05) is 0 Å². The molecule has 1 fully saturated rings. The van der Waals surface area contributed by atoms with Crippen molar-refractivity contribution in [3.63, 3.8) is 0 Å². The molecule has 4 nitrogen and oxygen atoms in total. The zero-order chi connectivity index (χ0) is 13.1. The van der Waals surface area contributed by atoms with Gasteiger partial charge in [-0.25, -0.2) is 0 Å². The first-order valence-electron chi connectivity index (χ1n) is 5.92. The summed E-state index contributed by atoms with van der Waals surface area (Å²) < 4.78 is 5.18. The van der Waals surface area contributed by atoms with Crippen molar-refractivity contribution in [3.8, 4) is 5.75 Å². The van der Waals surface area contributed by atoms with Gasteiger partial charge in [0.15, 0.2) is 0 Å². The van der Waals surface area contributed by atoms with Gasteiger partial charge in [0.1, 0.15) is 5.75 Å². The van der Waals surface area contributed by atoms with Gasteiger partial charge in [-0.05, 0) is 31.0 Å². The second kappa shape index (κ2) is 5.59. The van der Waals surface area contributed by atoms with E-state index in [0.717, 1.165) is 12.8 Å². The predicted octanol–water partition coefficient (Wildman–Crippen LogP) is 1.95. The summed E-state index contributed by atoms with van der Waals surface area (Å²) >= 11 is 5.87. The minimum Gasteiger partial charge on any atom is -0.496 e. The molecule has 1 aliphatic carbocycles. The SMILES string of the molecule is COc1cc(Cl)ccc1C(=O)N(CCO)C1CC1. The Bertz CT molecular complexity index is 446. The standard InChI is InChI=1S/C13H16ClNO3/c1-18-12-8-9(14)2-5-11(12)13(17)15(6-7-16)10-3-4-10/h2,5,8,10,16H,3-4,6-7H2,1H3. The van der Waals surface area contributed by atoms with Crippen LogP contribution in [-0.4, -0.2) is 42.2 Å². The molecule has 0 spiro atoms. The van der Waals surface area contributed by atoms with Gasteiger partial charge in [-0.3, -0.25) is 4.79 Å². The van der Waals surface area contributed by atoms with E-state index in [2.05, 4.69) is 0 Å². The normalized spacial score (nSPS) is 14.4. The number of rotatable bonds is 5. The smallest absolute Gasteiger partial charge is 0.257 e. The Morgan fingerprint density at radius 3 is 2.83 bits per heavy atom. The largest absolute Gasteiger partial charge is 0.496 e. The van der Waals surface area contributed by atoms with Crippen LogP contribution in [0.4, 0.5) is 0 Å². The zero-order valence-corrected chi connectivity index (χ0v) is 11.0. The summed E-state index contributed by atoms with van der Waals surface area (Å²) in [7, 11) is 1.51. The van der Waals surface area contributed by atoms with Crippen molar-refractivity contribution in [1.82, 2.24) is 4.90 Å². The summed E-state index contributed by atoms with van der Waals surface area (Å²) in [6, 6.07) is 5.21. The molecule has 5 heteroatoms. The number of carbonyl (C=O) groups excluding carboxylic acids is 1. The lowest BCUT2D eigenvalue weighted by Gasteiger charge is -2.22. The Kier molecular flexibility index (Phi) is 4.09. The van der Waals surface area contributed by atoms with E-state index in [4.69, 9.17) is 21.4 Å². The Labute approximate surface area is 111 Å². The molecule has 1 aromatic rings. The topological polar surface area (TPSA) is 49.8 Å². The highest BCUT2D eigenvalue weighted by molar-refractivity contribution is 6.30. The summed E-state index contributed by atoms with van der Waals surface area (Å²) in [4.78, 5) is 14.1. The van der Waals surface area contributed by atoms with Crippen LogP contribution in [-0.2, 0) is 0 Å². The second-order valence-electron chi connectivity index (χ2n) is 4.30. The highest BCUT2D eigenvalue weighted by Crippen LogP contribution is 2.31. The number of ether oxygens (including phenoxy) is 1. The quantitative estimate of drug-likeness (QED) is 0.889. The van der Waals surface area contributed by atoms with Gasteiger partial charge in [-0.2, -0.15) is 0 Å². The van der Waals surface area contributed by atoms with E-state index in [9.17, 15) is 4.79 Å². The van der Waals surface area contributed by atoms with Gasteiger partial charge in [-0.15, -0.1) is 0 Å². The van der Waals surface area contributed by atoms with Crippen LogP contribution in [0.1, 0.15) is 23.2 Å². The highest BCUT2D eigenvalue weighted by Gasteiger charge is 2.33. The maximum Gasteiger partial charge on any atom is 0.257 e. The minimum atomic E-state index is -0.111. The third-order valence-corrected chi connectivity index (χ3v) is 3.22. The van der Waals surface area contributed by atoms with Crippen LogP contribution in [0.2, 0.25) is 5.02 Å². The fourth-order valence-corrected chi connectivity index (χ4v) is 2.10. The fourth-order valence-electron chi connectivity index (χ4n) is 1.94. The minimum absolute atomic E-state index is 0.0296. The highest BCUT2D eigenvalue weighted by atomic mass is 35.5. The second-order valence-corrected chi connectivity index (χ2v) is 4.73. The molecule has 0 aromatic heterocycles. The molecule has 98 valence electrons. The van der Waals surface area contributed by atoms with Crippen LogP contribution in [0.5, 0.6) is 5.75 Å². The van der Waals surface area contributed by atoms with Crippen molar-refractivity contribution in [2.45, 2.75) is 18.9 Å². The molecule has 0 heterocycles. The summed E-state index contributed by atoms with van der Waals surface area (Å²) in [6.45, 7) is 0.327. The van der Waals surface area contributed by atoms with Crippen molar-refractivity contribution in [1.29, 1.82) is 0 Å². The molecular formula is C13H16ClNO3. The third kappa shape index (κ3) is 2.76. The number of benzene rings is 1. The Morgan fingerprint density at radius 2 is 2.28 bits per heavy atom. The molecule has 0 radical (unpaired) electrons. The summed E-state index contributed by atoms with van der Waals surface area (Å²) in [5.74, 6) is 0.358. The number of aliphatic hydroxyl groups is 1. The number of carbonyl (C=O) groups is 1. The van der Waals surface area contributed by atoms with Crippen LogP contribution in [0.25, 0.3) is 0 Å². The van der Waals surface area contributed by atoms with Crippen molar-refractivity contribution in [2.75, 3.05) is 20.3 Å². The summed E-state index contributed by atoms with van der Waals surface area (Å²) in [5, 5.41) is 9.56. The van der Waals surface area contributed by atoms with Gasteiger partial charge in [0, 0.05) is 17.6 Å². The number of hydrogen-bond donors (Lipinski definition) is 1. The summed E-state index contributed by atoms with van der Waals surface area (Å²) in [6.07, 6.45) is 2.00. The molecule has 1 N–H and O–H groups in total. The lowest BCUT2D eigenvalue weighted by Crippen LogP contribution is -2.35. The van der Waals surface area contributed by atoms with E-state index in [0.29, 0.717) is 22.9 Å². The van der Waals surface area contributed by atoms with E-state index < -0.39 is 0 Å². The fraction of sp³-hybridized carbons (Fsp3) is 0.462. The number of amides is 1. The molecule has 1 amide bonds. The average molecular weight is 270 g/mol. The molecule has 0 unspecified atom stereocenters. The Hall–Kier alpha value is -1.26. The van der Waals surface area contributed by atoms with E-state index in [1.165, 1.54) is 7.11 Å². The van der Waals surface area contributed by atoms with E-state index in [1.54, 1.807) is 23.1 Å². The maximum absolute atomic E-state index is 12.4. The average Bonchev–Trinajstić information content (AvgIpc) is 3.19. The number of methoxy groups -OCH3 is 1. The first kappa shape index (κ1) is 13.2. The van der Waals surface area contributed by atoms with Crippen molar-refractivity contribution in [3.05, 3.63) is 28.8 Å². The maximum atomic E-state index is 12.4. The Balaban J connectivity index is 2.26. The lowest BCUT2D eigenvalue weighted by atomic mass is 10.1. The molecule has 0 bridgehead atoms. The van der Waals surface area contributed by atoms with Crippen molar-refractivity contribution >= 4 is 17.5 Å². The molecule has 18 heavy (non-hydrogen) atoms. The first-order valence-corrected chi connectivity index (χ1v) is 6.30. The van der Waals surface area contributed by atoms with Gasteiger partial charge >= 0.3 is 0 Å². The van der Waals surface area contributed by atoms with Crippen molar-refractivity contribution in [2.24, 2.45) is 0 Å². The van der Waals surface area contributed by atoms with Gasteiger partial charge in [0.2, 0.25) is 0 Å². The first-order chi connectivity index (χ1) is 8.67.